The van der Waals surface area contributed by atoms with Crippen LogP contribution in [0.15, 0.2) is 11.6 Å². The van der Waals surface area contributed by atoms with Crippen LogP contribution in [0.3, 0.4) is 0 Å². The second-order valence-corrected chi connectivity index (χ2v) is 4.56. The molecule has 0 aliphatic heterocycles. The molecule has 0 heterocycles. The van der Waals surface area contributed by atoms with Crippen molar-refractivity contribution in [2.45, 2.75) is 45.1 Å². The van der Waals surface area contributed by atoms with Crippen molar-refractivity contribution in [2.24, 2.45) is 5.92 Å². The summed E-state index contributed by atoms with van der Waals surface area (Å²) in [6.45, 7) is 5.61. The third-order valence-corrected chi connectivity index (χ3v) is 3.10. The molecule has 0 saturated heterocycles. The van der Waals surface area contributed by atoms with E-state index in [1.807, 2.05) is 0 Å². The summed E-state index contributed by atoms with van der Waals surface area (Å²) in [5, 5.41) is 3.02. The summed E-state index contributed by atoms with van der Waals surface area (Å²) in [5.41, 5.74) is 0. The van der Waals surface area contributed by atoms with Gasteiger partial charge in [-0.15, -0.1) is 0 Å². The summed E-state index contributed by atoms with van der Waals surface area (Å²) in [7, 11) is 0. The SMILES string of the molecule is C=C(Cl)C(=O)NC1CCCCCC1C. The standard InChI is InChI=1S/C11H18ClNO/c1-8-6-4-3-5-7-10(8)13-11(14)9(2)12/h8,10H,2-7H2,1H3,(H,13,14). The Bertz CT molecular complexity index is 227. The van der Waals surface area contributed by atoms with E-state index in [1.54, 1.807) is 0 Å². The minimum Gasteiger partial charge on any atom is -0.348 e. The molecule has 14 heavy (non-hydrogen) atoms. The van der Waals surface area contributed by atoms with Gasteiger partial charge in [0.25, 0.3) is 5.91 Å². The molecule has 0 aromatic rings. The Morgan fingerprint density at radius 2 is 2.00 bits per heavy atom. The minimum absolute atomic E-state index is 0.0847. The van der Waals surface area contributed by atoms with Gasteiger partial charge in [-0.25, -0.2) is 0 Å². The van der Waals surface area contributed by atoms with Gasteiger partial charge in [0.05, 0.1) is 5.03 Å². The van der Waals surface area contributed by atoms with Crippen molar-refractivity contribution in [3.8, 4) is 0 Å². The molecule has 3 heteroatoms. The van der Waals surface area contributed by atoms with Crippen LogP contribution in [0, 0.1) is 5.92 Å². The summed E-state index contributed by atoms with van der Waals surface area (Å²) < 4.78 is 0. The highest BCUT2D eigenvalue weighted by Gasteiger charge is 2.21. The van der Waals surface area contributed by atoms with Gasteiger partial charge in [-0.1, -0.05) is 44.4 Å². The highest BCUT2D eigenvalue weighted by Crippen LogP contribution is 2.23. The molecular weight excluding hydrogens is 198 g/mol. The van der Waals surface area contributed by atoms with Crippen molar-refractivity contribution >= 4 is 17.5 Å². The number of amides is 1. The van der Waals surface area contributed by atoms with E-state index in [0.29, 0.717) is 5.92 Å². The van der Waals surface area contributed by atoms with E-state index in [9.17, 15) is 4.79 Å². The largest absolute Gasteiger partial charge is 0.348 e. The average molecular weight is 216 g/mol. The Hall–Kier alpha value is -0.500. The van der Waals surface area contributed by atoms with Gasteiger partial charge in [-0.2, -0.15) is 0 Å². The highest BCUT2D eigenvalue weighted by molar-refractivity contribution is 6.41. The van der Waals surface area contributed by atoms with Crippen molar-refractivity contribution in [3.63, 3.8) is 0 Å². The number of carbonyl (C=O) groups is 1. The molecule has 1 fully saturated rings. The van der Waals surface area contributed by atoms with Crippen molar-refractivity contribution in [1.29, 1.82) is 0 Å². The molecule has 1 saturated carbocycles. The zero-order chi connectivity index (χ0) is 10.6. The van der Waals surface area contributed by atoms with Crippen LogP contribution in [-0.4, -0.2) is 11.9 Å². The molecule has 1 amide bonds. The molecule has 1 aliphatic rings. The van der Waals surface area contributed by atoms with Gasteiger partial charge >= 0.3 is 0 Å². The predicted molar refractivity (Wildman–Crippen MR) is 59.2 cm³/mol. The zero-order valence-corrected chi connectivity index (χ0v) is 9.44. The molecule has 0 spiro atoms. The maximum absolute atomic E-state index is 11.3. The third kappa shape index (κ3) is 3.33. The molecule has 1 rings (SSSR count). The van der Waals surface area contributed by atoms with Crippen molar-refractivity contribution in [1.82, 2.24) is 5.32 Å². The first-order valence-electron chi connectivity index (χ1n) is 5.26. The molecule has 2 unspecified atom stereocenters. The van der Waals surface area contributed by atoms with Gasteiger partial charge in [-0.3, -0.25) is 4.79 Å². The Labute approximate surface area is 90.7 Å². The van der Waals surface area contributed by atoms with E-state index in [2.05, 4.69) is 18.8 Å². The predicted octanol–water partition coefficient (Wildman–Crippen LogP) is 2.82. The third-order valence-electron chi connectivity index (χ3n) is 2.92. The fourth-order valence-electron chi connectivity index (χ4n) is 1.95. The van der Waals surface area contributed by atoms with Crippen molar-refractivity contribution in [3.05, 3.63) is 11.6 Å². The Morgan fingerprint density at radius 3 is 2.64 bits per heavy atom. The van der Waals surface area contributed by atoms with E-state index in [-0.39, 0.29) is 17.0 Å². The Morgan fingerprint density at radius 1 is 1.36 bits per heavy atom. The van der Waals surface area contributed by atoms with E-state index >= 15 is 0 Å². The number of nitrogens with one attached hydrogen (secondary N) is 1. The van der Waals surface area contributed by atoms with Gasteiger partial charge in [0, 0.05) is 6.04 Å². The number of hydrogen-bond acceptors (Lipinski definition) is 1. The fraction of sp³-hybridized carbons (Fsp3) is 0.727. The molecule has 1 aliphatic carbocycles. The maximum atomic E-state index is 11.3. The monoisotopic (exact) mass is 215 g/mol. The Balaban J connectivity index is 2.48. The van der Waals surface area contributed by atoms with E-state index in [4.69, 9.17) is 11.6 Å². The number of rotatable bonds is 2. The van der Waals surface area contributed by atoms with Crippen LogP contribution in [0.25, 0.3) is 0 Å². The number of hydrogen-bond donors (Lipinski definition) is 1. The van der Waals surface area contributed by atoms with E-state index < -0.39 is 0 Å². The van der Waals surface area contributed by atoms with Gasteiger partial charge in [0.15, 0.2) is 0 Å². The zero-order valence-electron chi connectivity index (χ0n) is 8.68. The van der Waals surface area contributed by atoms with Gasteiger partial charge in [-0.05, 0) is 18.8 Å². The molecule has 2 nitrogen and oxygen atoms in total. The lowest BCUT2D eigenvalue weighted by Gasteiger charge is -2.22. The number of carbonyl (C=O) groups excluding carboxylic acids is 1. The van der Waals surface area contributed by atoms with Crippen LogP contribution < -0.4 is 5.32 Å². The first-order valence-corrected chi connectivity index (χ1v) is 5.64. The highest BCUT2D eigenvalue weighted by atomic mass is 35.5. The minimum atomic E-state index is -0.217. The number of halogens is 1. The molecule has 2 atom stereocenters. The van der Waals surface area contributed by atoms with Crippen molar-refractivity contribution in [2.75, 3.05) is 0 Å². The Kier molecular flexibility index (Phi) is 4.46. The van der Waals surface area contributed by atoms with Crippen LogP contribution in [0.4, 0.5) is 0 Å². The first-order chi connectivity index (χ1) is 6.61. The summed E-state index contributed by atoms with van der Waals surface area (Å²) in [4.78, 5) is 11.3. The second kappa shape index (κ2) is 5.40. The molecule has 0 radical (unpaired) electrons. The van der Waals surface area contributed by atoms with Crippen LogP contribution in [0.2, 0.25) is 0 Å². The van der Waals surface area contributed by atoms with E-state index in [1.165, 1.54) is 25.7 Å². The smallest absolute Gasteiger partial charge is 0.262 e. The van der Waals surface area contributed by atoms with Crippen LogP contribution in [-0.2, 0) is 4.79 Å². The normalized spacial score (nSPS) is 27.9. The summed E-state index contributed by atoms with van der Waals surface area (Å²) >= 11 is 5.53. The molecule has 80 valence electrons. The van der Waals surface area contributed by atoms with Gasteiger partial charge < -0.3 is 5.32 Å². The summed E-state index contributed by atoms with van der Waals surface area (Å²) in [6, 6.07) is 0.278. The van der Waals surface area contributed by atoms with Crippen LogP contribution in [0.1, 0.15) is 39.0 Å². The lowest BCUT2D eigenvalue weighted by atomic mass is 9.97. The second-order valence-electron chi connectivity index (χ2n) is 4.10. The quantitative estimate of drug-likeness (QED) is 0.557. The van der Waals surface area contributed by atoms with Crippen LogP contribution >= 0.6 is 11.6 Å². The molecule has 0 bridgehead atoms. The van der Waals surface area contributed by atoms with E-state index in [0.717, 1.165) is 6.42 Å². The lowest BCUT2D eigenvalue weighted by molar-refractivity contribution is -0.117. The summed E-state index contributed by atoms with van der Waals surface area (Å²) in [5.74, 6) is 0.336. The average Bonchev–Trinajstić information content (AvgIpc) is 2.32. The fourth-order valence-corrected chi connectivity index (χ4v) is 2.01. The molecular formula is C11H18ClNO. The summed E-state index contributed by atoms with van der Waals surface area (Å²) in [6.07, 6.45) is 6.01. The molecule has 0 aromatic heterocycles. The maximum Gasteiger partial charge on any atom is 0.262 e. The first kappa shape index (κ1) is 11.6. The lowest BCUT2D eigenvalue weighted by Crippen LogP contribution is -2.38. The van der Waals surface area contributed by atoms with Gasteiger partial charge in [0.1, 0.15) is 0 Å². The van der Waals surface area contributed by atoms with Crippen LogP contribution in [0.5, 0.6) is 0 Å². The van der Waals surface area contributed by atoms with Gasteiger partial charge in [0.2, 0.25) is 0 Å². The molecule has 1 N–H and O–H groups in total. The van der Waals surface area contributed by atoms with Crippen molar-refractivity contribution < 1.29 is 4.79 Å². The molecule has 0 aromatic carbocycles. The topological polar surface area (TPSA) is 29.1 Å².